The summed E-state index contributed by atoms with van der Waals surface area (Å²) in [6.07, 6.45) is 0.0122. The van der Waals surface area contributed by atoms with Crippen molar-refractivity contribution >= 4 is 29.5 Å². The third-order valence-electron chi connectivity index (χ3n) is 3.38. The first-order valence-electron chi connectivity index (χ1n) is 7.62. The maximum absolute atomic E-state index is 12.3. The van der Waals surface area contributed by atoms with E-state index in [2.05, 4.69) is 5.32 Å². The topological polar surface area (TPSA) is 125 Å². The van der Waals surface area contributed by atoms with Crippen LogP contribution < -0.4 is 16.2 Å². The lowest BCUT2D eigenvalue weighted by molar-refractivity contribution is -0.141. The average Bonchev–Trinajstić information content (AvgIpc) is 2.55. The summed E-state index contributed by atoms with van der Waals surface area (Å²) in [4.78, 5) is 59.9. The van der Waals surface area contributed by atoms with Crippen molar-refractivity contribution in [3.63, 3.8) is 0 Å². The molecule has 25 heavy (non-hydrogen) atoms. The number of carbonyl (C=O) groups excluding carboxylic acids is 5. The van der Waals surface area contributed by atoms with Crippen molar-refractivity contribution in [3.05, 3.63) is 35.4 Å². The third kappa shape index (κ3) is 4.40. The van der Waals surface area contributed by atoms with Crippen LogP contribution in [0.25, 0.3) is 0 Å². The van der Waals surface area contributed by atoms with Gasteiger partial charge in [0.1, 0.15) is 6.54 Å². The minimum atomic E-state index is -1.05. The van der Waals surface area contributed by atoms with Crippen molar-refractivity contribution in [3.8, 4) is 0 Å². The third-order valence-corrected chi connectivity index (χ3v) is 3.38. The molecule has 0 saturated heterocycles. The lowest BCUT2D eigenvalue weighted by Gasteiger charge is -2.26. The zero-order chi connectivity index (χ0) is 18.6. The fourth-order valence-electron chi connectivity index (χ4n) is 2.25. The van der Waals surface area contributed by atoms with E-state index in [1.807, 2.05) is 10.9 Å². The molecule has 0 saturated carbocycles. The Hall–Kier alpha value is -3.23. The van der Waals surface area contributed by atoms with Crippen molar-refractivity contribution in [2.75, 3.05) is 6.54 Å². The highest BCUT2D eigenvalue weighted by Crippen LogP contribution is 2.19. The minimum Gasteiger partial charge on any atom is -0.346 e. The van der Waals surface area contributed by atoms with Gasteiger partial charge < -0.3 is 5.32 Å². The molecule has 0 fully saturated rings. The zero-order valence-corrected chi connectivity index (χ0v) is 13.8. The highest BCUT2D eigenvalue weighted by atomic mass is 16.2. The first-order valence-corrected chi connectivity index (χ1v) is 7.62. The fourth-order valence-corrected chi connectivity index (χ4v) is 2.25. The van der Waals surface area contributed by atoms with Crippen LogP contribution >= 0.6 is 0 Å². The Morgan fingerprint density at radius 3 is 2.44 bits per heavy atom. The van der Waals surface area contributed by atoms with Crippen molar-refractivity contribution in [1.29, 1.82) is 0 Å². The molecule has 0 unspecified atom stereocenters. The highest BCUT2D eigenvalue weighted by molar-refractivity contribution is 6.35. The number of hydrogen-bond acceptors (Lipinski definition) is 5. The number of fused-ring (bicyclic) bond motifs is 1. The van der Waals surface area contributed by atoms with Crippen LogP contribution in [-0.4, -0.2) is 47.0 Å². The van der Waals surface area contributed by atoms with Crippen molar-refractivity contribution in [1.82, 2.24) is 21.1 Å². The normalized spacial score (nSPS) is 13.3. The van der Waals surface area contributed by atoms with E-state index in [0.717, 1.165) is 4.90 Å². The van der Waals surface area contributed by atoms with E-state index in [1.165, 1.54) is 0 Å². The second-order valence-electron chi connectivity index (χ2n) is 5.75. The largest absolute Gasteiger partial charge is 0.346 e. The molecule has 0 aliphatic carbocycles. The SMILES string of the molecule is CC(C)NC(=O)C(=O)NNC(=O)CN1C(=O)Cc2ccccc2C1=O. The van der Waals surface area contributed by atoms with Gasteiger partial charge in [0, 0.05) is 11.6 Å². The number of imide groups is 1. The van der Waals surface area contributed by atoms with Crippen LogP contribution in [0.15, 0.2) is 24.3 Å². The Labute approximate surface area is 143 Å². The quantitative estimate of drug-likeness (QED) is 0.363. The maximum atomic E-state index is 12.3. The molecule has 2 rings (SSSR count). The molecule has 1 aliphatic rings. The number of carbonyl (C=O) groups is 5. The van der Waals surface area contributed by atoms with Crippen LogP contribution in [0.1, 0.15) is 29.8 Å². The Bertz CT molecular complexity index is 744. The maximum Gasteiger partial charge on any atom is 0.327 e. The van der Waals surface area contributed by atoms with Gasteiger partial charge in [-0.3, -0.25) is 39.7 Å². The molecule has 132 valence electrons. The molecule has 5 amide bonds. The van der Waals surface area contributed by atoms with Gasteiger partial charge in [0.2, 0.25) is 5.91 Å². The lowest BCUT2D eigenvalue weighted by Crippen LogP contribution is -2.53. The van der Waals surface area contributed by atoms with Crippen LogP contribution in [0.4, 0.5) is 0 Å². The second kappa shape index (κ2) is 7.56. The van der Waals surface area contributed by atoms with Crippen LogP contribution in [-0.2, 0) is 25.6 Å². The van der Waals surface area contributed by atoms with E-state index in [4.69, 9.17) is 0 Å². The molecule has 1 aromatic rings. The first-order chi connectivity index (χ1) is 11.8. The molecule has 0 atom stereocenters. The number of nitrogens with one attached hydrogen (secondary N) is 3. The number of rotatable bonds is 3. The zero-order valence-electron chi connectivity index (χ0n) is 13.8. The second-order valence-corrected chi connectivity index (χ2v) is 5.75. The summed E-state index contributed by atoms with van der Waals surface area (Å²) in [6, 6.07) is 6.40. The molecule has 1 aromatic carbocycles. The summed E-state index contributed by atoms with van der Waals surface area (Å²) >= 11 is 0. The van der Waals surface area contributed by atoms with Crippen LogP contribution in [0.2, 0.25) is 0 Å². The molecule has 9 nitrogen and oxygen atoms in total. The summed E-state index contributed by atoms with van der Waals surface area (Å²) in [5.41, 5.74) is 4.89. The Morgan fingerprint density at radius 1 is 1.08 bits per heavy atom. The number of nitrogens with zero attached hydrogens (tertiary/aromatic N) is 1. The fraction of sp³-hybridized carbons (Fsp3) is 0.312. The summed E-state index contributed by atoms with van der Waals surface area (Å²) in [5.74, 6) is -3.85. The van der Waals surface area contributed by atoms with E-state index >= 15 is 0 Å². The number of amides is 5. The van der Waals surface area contributed by atoms with Gasteiger partial charge in [-0.15, -0.1) is 0 Å². The average molecular weight is 346 g/mol. The van der Waals surface area contributed by atoms with Gasteiger partial charge in [0.25, 0.3) is 11.8 Å². The molecule has 9 heteroatoms. The predicted octanol–water partition coefficient (Wildman–Crippen LogP) is -1.12. The van der Waals surface area contributed by atoms with E-state index in [0.29, 0.717) is 11.1 Å². The predicted molar refractivity (Wildman–Crippen MR) is 85.8 cm³/mol. The van der Waals surface area contributed by atoms with Gasteiger partial charge >= 0.3 is 11.8 Å². The van der Waals surface area contributed by atoms with Crippen LogP contribution in [0.5, 0.6) is 0 Å². The van der Waals surface area contributed by atoms with Crippen molar-refractivity contribution < 1.29 is 24.0 Å². The van der Waals surface area contributed by atoms with E-state index in [-0.39, 0.29) is 12.5 Å². The molecular formula is C16H18N4O5. The molecular weight excluding hydrogens is 328 g/mol. The number of hydrogen-bond donors (Lipinski definition) is 3. The summed E-state index contributed by atoms with van der Waals surface area (Å²) < 4.78 is 0. The molecule has 1 heterocycles. The summed E-state index contributed by atoms with van der Waals surface area (Å²) in [7, 11) is 0. The summed E-state index contributed by atoms with van der Waals surface area (Å²) in [6.45, 7) is 2.79. The number of hydrazine groups is 1. The van der Waals surface area contributed by atoms with Crippen molar-refractivity contribution in [2.45, 2.75) is 26.3 Å². The van der Waals surface area contributed by atoms with Gasteiger partial charge in [0.15, 0.2) is 0 Å². The number of benzene rings is 1. The van der Waals surface area contributed by atoms with E-state index in [9.17, 15) is 24.0 Å². The first kappa shape index (κ1) is 18.1. The van der Waals surface area contributed by atoms with Gasteiger partial charge in [-0.05, 0) is 25.5 Å². The highest BCUT2D eigenvalue weighted by Gasteiger charge is 2.32. The standard InChI is InChI=1S/C16H18N4O5/c1-9(2)17-14(23)15(24)19-18-12(21)8-20-13(22)7-10-5-3-4-6-11(10)16(20)25/h3-6,9H,7-8H2,1-2H3,(H,17,23)(H,18,21)(H,19,24). The van der Waals surface area contributed by atoms with Crippen LogP contribution in [0.3, 0.4) is 0 Å². The molecule has 0 spiro atoms. The van der Waals surface area contributed by atoms with Crippen molar-refractivity contribution in [2.24, 2.45) is 0 Å². The molecule has 1 aliphatic heterocycles. The van der Waals surface area contributed by atoms with Gasteiger partial charge in [0.05, 0.1) is 6.42 Å². The molecule has 0 aromatic heterocycles. The van der Waals surface area contributed by atoms with Gasteiger partial charge in [-0.25, -0.2) is 0 Å². The summed E-state index contributed by atoms with van der Waals surface area (Å²) in [5, 5.41) is 2.35. The van der Waals surface area contributed by atoms with E-state index < -0.39 is 36.1 Å². The smallest absolute Gasteiger partial charge is 0.327 e. The lowest BCUT2D eigenvalue weighted by atomic mass is 9.98. The molecule has 0 radical (unpaired) electrons. The Morgan fingerprint density at radius 2 is 1.76 bits per heavy atom. The van der Waals surface area contributed by atoms with E-state index in [1.54, 1.807) is 38.1 Å². The van der Waals surface area contributed by atoms with Gasteiger partial charge in [-0.2, -0.15) is 0 Å². The Balaban J connectivity index is 1.93. The molecule has 0 bridgehead atoms. The van der Waals surface area contributed by atoms with Crippen LogP contribution in [0, 0.1) is 0 Å². The Kier molecular flexibility index (Phi) is 5.48. The monoisotopic (exact) mass is 346 g/mol. The van der Waals surface area contributed by atoms with Gasteiger partial charge in [-0.1, -0.05) is 18.2 Å². The minimum absolute atomic E-state index is 0.0122. The molecule has 3 N–H and O–H groups in total.